The Bertz CT molecular complexity index is 426. The number of ether oxygens (including phenoxy) is 1. The topological polar surface area (TPSA) is 21.3 Å². The Morgan fingerprint density at radius 1 is 1.53 bits per heavy atom. The molecule has 1 aromatic heterocycles. The molecule has 3 rings (SSSR count). The lowest BCUT2D eigenvalue weighted by atomic mass is 9.89. The van der Waals surface area contributed by atoms with Gasteiger partial charge in [-0.3, -0.25) is 0 Å². The van der Waals surface area contributed by atoms with Crippen molar-refractivity contribution in [1.82, 2.24) is 5.32 Å². The predicted octanol–water partition coefficient (Wildman–Crippen LogP) is 3.76. The fraction of sp³-hybridized carbons (Fsp3) is 0.733. The summed E-state index contributed by atoms with van der Waals surface area (Å²) in [7, 11) is 0. The van der Waals surface area contributed by atoms with Gasteiger partial charge in [0, 0.05) is 29.3 Å². The lowest BCUT2D eigenvalue weighted by Crippen LogP contribution is -2.47. The number of thioether (sulfide) groups is 1. The van der Waals surface area contributed by atoms with E-state index in [-0.39, 0.29) is 5.60 Å². The molecule has 0 unspecified atom stereocenters. The van der Waals surface area contributed by atoms with Crippen molar-refractivity contribution in [1.29, 1.82) is 0 Å². The van der Waals surface area contributed by atoms with Crippen LogP contribution in [0.4, 0.5) is 0 Å². The Balaban J connectivity index is 1.62. The molecule has 2 nitrogen and oxygen atoms in total. The first kappa shape index (κ1) is 13.9. The number of hydrogen-bond acceptors (Lipinski definition) is 4. The van der Waals surface area contributed by atoms with Crippen molar-refractivity contribution in [2.24, 2.45) is 0 Å². The van der Waals surface area contributed by atoms with E-state index in [2.05, 4.69) is 30.6 Å². The monoisotopic (exact) mass is 297 g/mol. The first-order valence-corrected chi connectivity index (χ1v) is 9.24. The number of nitrogens with one attached hydrogen (secondary N) is 1. The molecule has 106 valence electrons. The molecule has 1 spiro atoms. The van der Waals surface area contributed by atoms with E-state index in [4.69, 9.17) is 4.74 Å². The minimum absolute atomic E-state index is 0.185. The molecule has 1 aromatic rings. The highest BCUT2D eigenvalue weighted by molar-refractivity contribution is 7.99. The molecule has 2 saturated heterocycles. The molecule has 0 aromatic carbocycles. The molecule has 1 N–H and O–H groups in total. The van der Waals surface area contributed by atoms with Gasteiger partial charge >= 0.3 is 0 Å². The highest BCUT2D eigenvalue weighted by Crippen LogP contribution is 2.39. The standard InChI is InChI=1S/C15H23NOS2/c1-11-4-7-19-14(11)12(2)16-13-3-6-17-15(9-13)5-8-18-10-15/h4,7,12-13,16H,3,5-6,8-10H2,1-2H3/t12-,13-,15+/m0/s1. The maximum atomic E-state index is 6.09. The van der Waals surface area contributed by atoms with Gasteiger partial charge in [0.15, 0.2) is 0 Å². The van der Waals surface area contributed by atoms with Crippen molar-refractivity contribution < 1.29 is 4.74 Å². The van der Waals surface area contributed by atoms with Crippen LogP contribution in [-0.2, 0) is 4.74 Å². The van der Waals surface area contributed by atoms with E-state index >= 15 is 0 Å². The third-order valence-corrected chi connectivity index (χ3v) is 6.77. The van der Waals surface area contributed by atoms with Crippen LogP contribution in [0.5, 0.6) is 0 Å². The number of hydrogen-bond donors (Lipinski definition) is 1. The molecule has 2 aliphatic heterocycles. The summed E-state index contributed by atoms with van der Waals surface area (Å²) in [5, 5.41) is 6.03. The fourth-order valence-corrected chi connectivity index (χ4v) is 5.61. The van der Waals surface area contributed by atoms with Gasteiger partial charge in [-0.25, -0.2) is 0 Å². The molecule has 2 aliphatic rings. The highest BCUT2D eigenvalue weighted by Gasteiger charge is 2.40. The molecular weight excluding hydrogens is 274 g/mol. The maximum absolute atomic E-state index is 6.09. The summed E-state index contributed by atoms with van der Waals surface area (Å²) in [5.41, 5.74) is 1.60. The lowest BCUT2D eigenvalue weighted by molar-refractivity contribution is -0.0711. The Morgan fingerprint density at radius 3 is 3.11 bits per heavy atom. The zero-order valence-electron chi connectivity index (χ0n) is 11.8. The Hall–Kier alpha value is -0.0300. The zero-order valence-corrected chi connectivity index (χ0v) is 13.4. The molecule has 0 bridgehead atoms. The van der Waals surface area contributed by atoms with Crippen LogP contribution in [0.1, 0.15) is 42.7 Å². The third kappa shape index (κ3) is 3.02. The van der Waals surface area contributed by atoms with Crippen LogP contribution in [0.15, 0.2) is 11.4 Å². The van der Waals surface area contributed by atoms with Crippen LogP contribution in [0, 0.1) is 6.92 Å². The van der Waals surface area contributed by atoms with Crippen molar-refractivity contribution >= 4 is 23.1 Å². The zero-order chi connectivity index (χ0) is 13.3. The van der Waals surface area contributed by atoms with Gasteiger partial charge in [0.25, 0.3) is 0 Å². The molecule has 3 atom stereocenters. The molecular formula is C15H23NOS2. The van der Waals surface area contributed by atoms with Crippen LogP contribution in [0.3, 0.4) is 0 Å². The Kier molecular flexibility index (Phi) is 4.22. The van der Waals surface area contributed by atoms with E-state index < -0.39 is 0 Å². The van der Waals surface area contributed by atoms with Crippen molar-refractivity contribution in [3.8, 4) is 0 Å². The van der Waals surface area contributed by atoms with E-state index in [9.17, 15) is 0 Å². The van der Waals surface area contributed by atoms with E-state index in [1.54, 1.807) is 0 Å². The van der Waals surface area contributed by atoms with Crippen LogP contribution in [0.2, 0.25) is 0 Å². The summed E-state index contributed by atoms with van der Waals surface area (Å²) in [6.07, 6.45) is 3.58. The molecule has 0 aliphatic carbocycles. The van der Waals surface area contributed by atoms with Crippen LogP contribution in [-0.4, -0.2) is 29.8 Å². The van der Waals surface area contributed by atoms with E-state index in [0.717, 1.165) is 13.0 Å². The van der Waals surface area contributed by atoms with Gasteiger partial charge < -0.3 is 10.1 Å². The second kappa shape index (κ2) is 5.76. The average molecular weight is 297 g/mol. The first-order valence-electron chi connectivity index (χ1n) is 7.20. The SMILES string of the molecule is Cc1ccsc1[C@H](C)N[C@H]1CCO[C@]2(CCSC2)C1. The molecule has 0 amide bonds. The largest absolute Gasteiger partial charge is 0.374 e. The van der Waals surface area contributed by atoms with Gasteiger partial charge in [-0.2, -0.15) is 11.8 Å². The van der Waals surface area contributed by atoms with E-state index in [0.29, 0.717) is 12.1 Å². The molecule has 0 radical (unpaired) electrons. The molecule has 2 fully saturated rings. The molecule has 3 heterocycles. The molecule has 19 heavy (non-hydrogen) atoms. The normalized spacial score (nSPS) is 32.8. The second-order valence-electron chi connectivity index (χ2n) is 5.88. The minimum atomic E-state index is 0.185. The quantitative estimate of drug-likeness (QED) is 0.918. The summed E-state index contributed by atoms with van der Waals surface area (Å²) < 4.78 is 6.09. The summed E-state index contributed by atoms with van der Waals surface area (Å²) in [4.78, 5) is 1.49. The van der Waals surface area contributed by atoms with Crippen LogP contribution < -0.4 is 5.32 Å². The minimum Gasteiger partial charge on any atom is -0.374 e. The maximum Gasteiger partial charge on any atom is 0.0795 e. The number of thiophene rings is 1. The first-order chi connectivity index (χ1) is 9.19. The Labute approximate surface area is 124 Å². The van der Waals surface area contributed by atoms with Crippen molar-refractivity contribution in [3.63, 3.8) is 0 Å². The van der Waals surface area contributed by atoms with Gasteiger partial charge in [0.05, 0.1) is 5.60 Å². The van der Waals surface area contributed by atoms with Crippen molar-refractivity contribution in [2.75, 3.05) is 18.1 Å². The average Bonchev–Trinajstić information content (AvgIpc) is 2.99. The van der Waals surface area contributed by atoms with Crippen molar-refractivity contribution in [3.05, 3.63) is 21.9 Å². The molecule has 0 saturated carbocycles. The summed E-state index contributed by atoms with van der Waals surface area (Å²) >= 11 is 3.92. The van der Waals surface area contributed by atoms with Gasteiger partial charge in [0.2, 0.25) is 0 Å². The Morgan fingerprint density at radius 2 is 2.42 bits per heavy atom. The number of rotatable bonds is 3. The van der Waals surface area contributed by atoms with Gasteiger partial charge in [-0.1, -0.05) is 0 Å². The predicted molar refractivity (Wildman–Crippen MR) is 84.3 cm³/mol. The van der Waals surface area contributed by atoms with E-state index in [1.165, 1.54) is 34.8 Å². The summed E-state index contributed by atoms with van der Waals surface area (Å²) in [6, 6.07) is 3.30. The van der Waals surface area contributed by atoms with Crippen molar-refractivity contribution in [2.45, 2.75) is 50.8 Å². The van der Waals surface area contributed by atoms with Gasteiger partial charge in [0.1, 0.15) is 0 Å². The second-order valence-corrected chi connectivity index (χ2v) is 7.93. The van der Waals surface area contributed by atoms with Crippen LogP contribution >= 0.6 is 23.1 Å². The summed E-state index contributed by atoms with van der Waals surface area (Å²) in [5.74, 6) is 2.46. The molecule has 4 heteroatoms. The summed E-state index contributed by atoms with van der Waals surface area (Å²) in [6.45, 7) is 5.43. The lowest BCUT2D eigenvalue weighted by Gasteiger charge is -2.39. The van der Waals surface area contributed by atoms with E-state index in [1.807, 2.05) is 23.1 Å². The third-order valence-electron chi connectivity index (χ3n) is 4.34. The number of aryl methyl sites for hydroxylation is 1. The smallest absolute Gasteiger partial charge is 0.0795 e. The highest BCUT2D eigenvalue weighted by atomic mass is 32.2. The van der Waals surface area contributed by atoms with Gasteiger partial charge in [-0.05, 0) is 55.9 Å². The van der Waals surface area contributed by atoms with Crippen LogP contribution in [0.25, 0.3) is 0 Å². The van der Waals surface area contributed by atoms with Gasteiger partial charge in [-0.15, -0.1) is 11.3 Å². The fourth-order valence-electron chi connectivity index (χ4n) is 3.29.